The van der Waals surface area contributed by atoms with Crippen LogP contribution >= 0.6 is 11.6 Å². The van der Waals surface area contributed by atoms with Crippen molar-refractivity contribution in [3.63, 3.8) is 0 Å². The highest BCUT2D eigenvalue weighted by Crippen LogP contribution is 2.20. The van der Waals surface area contributed by atoms with Crippen LogP contribution in [0.2, 0.25) is 5.02 Å². The second-order valence-electron chi connectivity index (χ2n) is 6.61. The van der Waals surface area contributed by atoms with Crippen molar-refractivity contribution in [2.75, 3.05) is 10.6 Å². The van der Waals surface area contributed by atoms with Crippen molar-refractivity contribution < 1.29 is 9.59 Å². The summed E-state index contributed by atoms with van der Waals surface area (Å²) in [6.45, 7) is 1.85. The number of amides is 2. The van der Waals surface area contributed by atoms with Gasteiger partial charge >= 0.3 is 0 Å². The normalized spacial score (nSPS) is 10.5. The van der Waals surface area contributed by atoms with Crippen LogP contribution in [0.5, 0.6) is 0 Å². The maximum atomic E-state index is 12.8. The average Bonchev–Trinajstić information content (AvgIpc) is 3.17. The summed E-state index contributed by atoms with van der Waals surface area (Å²) in [4.78, 5) is 33.5. The van der Waals surface area contributed by atoms with Crippen LogP contribution in [0, 0.1) is 6.92 Å². The summed E-state index contributed by atoms with van der Waals surface area (Å²) in [5.74, 6) is -0.544. The SMILES string of the molecule is Cc1ccccc1C(=O)Nc1nc(NC(=O)c2ccncc2)nn1-c1ccc(Cl)cc1. The van der Waals surface area contributed by atoms with Crippen LogP contribution in [0.15, 0.2) is 73.1 Å². The van der Waals surface area contributed by atoms with E-state index in [1.807, 2.05) is 19.1 Å². The summed E-state index contributed by atoms with van der Waals surface area (Å²) in [5, 5.41) is 10.3. The number of anilines is 2. The molecule has 0 radical (unpaired) electrons. The van der Waals surface area contributed by atoms with E-state index in [2.05, 4.69) is 25.7 Å². The maximum Gasteiger partial charge on any atom is 0.258 e. The van der Waals surface area contributed by atoms with Crippen molar-refractivity contribution in [3.8, 4) is 5.69 Å². The van der Waals surface area contributed by atoms with Crippen molar-refractivity contribution in [3.05, 3.63) is 94.8 Å². The molecule has 0 aliphatic carbocycles. The lowest BCUT2D eigenvalue weighted by molar-refractivity contribution is 0.101. The van der Waals surface area contributed by atoms with Gasteiger partial charge in [0.05, 0.1) is 5.69 Å². The minimum Gasteiger partial charge on any atom is -0.290 e. The van der Waals surface area contributed by atoms with Gasteiger partial charge in [0, 0.05) is 28.5 Å². The summed E-state index contributed by atoms with van der Waals surface area (Å²) in [7, 11) is 0. The number of aromatic nitrogens is 4. The van der Waals surface area contributed by atoms with Crippen LogP contribution < -0.4 is 10.6 Å². The van der Waals surface area contributed by atoms with Crippen molar-refractivity contribution in [2.45, 2.75) is 6.92 Å². The fraction of sp³-hybridized carbons (Fsp3) is 0.0455. The monoisotopic (exact) mass is 432 g/mol. The molecular weight excluding hydrogens is 416 g/mol. The molecule has 0 bridgehead atoms. The van der Waals surface area contributed by atoms with Crippen LogP contribution in [0.4, 0.5) is 11.9 Å². The second kappa shape index (κ2) is 8.76. The third kappa shape index (κ3) is 4.59. The number of hydrogen-bond donors (Lipinski definition) is 2. The number of carbonyl (C=O) groups excluding carboxylic acids is 2. The molecule has 0 atom stereocenters. The molecule has 4 rings (SSSR count). The van der Waals surface area contributed by atoms with Crippen molar-refractivity contribution in [1.82, 2.24) is 19.7 Å². The maximum absolute atomic E-state index is 12.8. The van der Waals surface area contributed by atoms with E-state index in [0.717, 1.165) is 5.56 Å². The first kappa shape index (κ1) is 20.2. The van der Waals surface area contributed by atoms with Crippen molar-refractivity contribution >= 4 is 35.3 Å². The molecule has 2 aromatic heterocycles. The molecule has 0 spiro atoms. The Morgan fingerprint density at radius 1 is 0.903 bits per heavy atom. The quantitative estimate of drug-likeness (QED) is 0.493. The molecular formula is C22H17ClN6O2. The van der Waals surface area contributed by atoms with E-state index >= 15 is 0 Å². The third-order valence-corrected chi connectivity index (χ3v) is 4.71. The Bertz CT molecular complexity index is 1240. The van der Waals surface area contributed by atoms with Crippen LogP contribution in [0.1, 0.15) is 26.3 Å². The van der Waals surface area contributed by atoms with Gasteiger partial charge in [-0.3, -0.25) is 25.2 Å². The zero-order chi connectivity index (χ0) is 21.8. The van der Waals surface area contributed by atoms with Gasteiger partial charge in [-0.25, -0.2) is 0 Å². The molecule has 0 saturated heterocycles. The number of benzene rings is 2. The highest BCUT2D eigenvalue weighted by molar-refractivity contribution is 6.30. The second-order valence-corrected chi connectivity index (χ2v) is 7.04. The highest BCUT2D eigenvalue weighted by atomic mass is 35.5. The van der Waals surface area contributed by atoms with E-state index in [0.29, 0.717) is 21.8 Å². The first-order valence-corrected chi connectivity index (χ1v) is 9.70. The number of rotatable bonds is 5. The zero-order valence-corrected chi connectivity index (χ0v) is 17.2. The Morgan fingerprint density at radius 2 is 1.61 bits per heavy atom. The number of nitrogens with zero attached hydrogens (tertiary/aromatic N) is 4. The molecule has 9 heteroatoms. The van der Waals surface area contributed by atoms with Crippen LogP contribution in [-0.4, -0.2) is 31.6 Å². The molecule has 2 amide bonds. The molecule has 0 aliphatic heterocycles. The first-order chi connectivity index (χ1) is 15.0. The van der Waals surface area contributed by atoms with Crippen molar-refractivity contribution in [1.29, 1.82) is 0 Å². The predicted octanol–water partition coefficient (Wildman–Crippen LogP) is 4.13. The number of hydrogen-bond acceptors (Lipinski definition) is 5. The zero-order valence-electron chi connectivity index (χ0n) is 16.4. The fourth-order valence-electron chi connectivity index (χ4n) is 2.88. The molecule has 154 valence electrons. The Hall–Kier alpha value is -4.04. The Balaban J connectivity index is 1.67. The Kier molecular flexibility index (Phi) is 5.72. The van der Waals surface area contributed by atoms with E-state index in [4.69, 9.17) is 11.6 Å². The summed E-state index contributed by atoms with van der Waals surface area (Å²) < 4.78 is 1.43. The van der Waals surface area contributed by atoms with Gasteiger partial charge in [-0.05, 0) is 55.0 Å². The van der Waals surface area contributed by atoms with Gasteiger partial charge in [0.1, 0.15) is 0 Å². The van der Waals surface area contributed by atoms with Crippen LogP contribution in [0.3, 0.4) is 0 Å². The summed E-state index contributed by atoms with van der Waals surface area (Å²) in [5.41, 5.74) is 2.35. The molecule has 2 N–H and O–H groups in total. The molecule has 0 fully saturated rings. The lowest BCUT2D eigenvalue weighted by Gasteiger charge is -2.08. The predicted molar refractivity (Wildman–Crippen MR) is 118 cm³/mol. The highest BCUT2D eigenvalue weighted by Gasteiger charge is 2.18. The van der Waals surface area contributed by atoms with Gasteiger partial charge < -0.3 is 0 Å². The molecule has 2 heterocycles. The molecule has 31 heavy (non-hydrogen) atoms. The van der Waals surface area contributed by atoms with Crippen LogP contribution in [-0.2, 0) is 0 Å². The summed E-state index contributed by atoms with van der Waals surface area (Å²) in [6, 6.07) is 17.2. The summed E-state index contributed by atoms with van der Waals surface area (Å²) in [6.07, 6.45) is 3.03. The van der Waals surface area contributed by atoms with Crippen molar-refractivity contribution in [2.24, 2.45) is 0 Å². The number of aryl methyl sites for hydroxylation is 1. The van der Waals surface area contributed by atoms with Gasteiger partial charge in [0.2, 0.25) is 5.95 Å². The fourth-order valence-corrected chi connectivity index (χ4v) is 3.01. The summed E-state index contributed by atoms with van der Waals surface area (Å²) >= 11 is 5.99. The van der Waals surface area contributed by atoms with E-state index in [1.165, 1.54) is 17.1 Å². The largest absolute Gasteiger partial charge is 0.290 e. The van der Waals surface area contributed by atoms with Gasteiger partial charge in [-0.1, -0.05) is 29.8 Å². The van der Waals surface area contributed by atoms with E-state index < -0.39 is 5.91 Å². The minimum absolute atomic E-state index is 0.0387. The van der Waals surface area contributed by atoms with Crippen LogP contribution in [0.25, 0.3) is 5.69 Å². The van der Waals surface area contributed by atoms with Gasteiger partial charge in [0.25, 0.3) is 17.8 Å². The van der Waals surface area contributed by atoms with E-state index in [9.17, 15) is 9.59 Å². The Labute approximate surface area is 182 Å². The molecule has 8 nitrogen and oxygen atoms in total. The van der Waals surface area contributed by atoms with Gasteiger partial charge in [-0.2, -0.15) is 9.67 Å². The lowest BCUT2D eigenvalue weighted by atomic mass is 10.1. The van der Waals surface area contributed by atoms with E-state index in [-0.39, 0.29) is 17.8 Å². The topological polar surface area (TPSA) is 102 Å². The molecule has 0 aliphatic rings. The van der Waals surface area contributed by atoms with Gasteiger partial charge in [-0.15, -0.1) is 5.10 Å². The Morgan fingerprint density at radius 3 is 2.32 bits per heavy atom. The molecule has 4 aromatic rings. The number of nitrogens with one attached hydrogen (secondary N) is 2. The lowest BCUT2D eigenvalue weighted by Crippen LogP contribution is -2.17. The smallest absolute Gasteiger partial charge is 0.258 e. The average molecular weight is 433 g/mol. The van der Waals surface area contributed by atoms with Gasteiger partial charge in [0.15, 0.2) is 0 Å². The number of pyridine rings is 1. The molecule has 0 saturated carbocycles. The minimum atomic E-state index is -0.396. The molecule has 2 aromatic carbocycles. The number of halogens is 1. The first-order valence-electron chi connectivity index (χ1n) is 9.32. The third-order valence-electron chi connectivity index (χ3n) is 4.46. The standard InChI is InChI=1S/C22H17ClN6O2/c1-14-4-2-3-5-18(14)20(31)26-22-27-21(25-19(30)15-10-12-24-13-11-15)28-29(22)17-8-6-16(23)7-9-17/h2-13H,1H3,(H2,25,26,27,28,30,31). The van der Waals surface area contributed by atoms with E-state index in [1.54, 1.807) is 48.5 Å². The number of carbonyl (C=O) groups is 2. The molecule has 0 unspecified atom stereocenters.